The van der Waals surface area contributed by atoms with E-state index in [-0.39, 0.29) is 67.1 Å². The summed E-state index contributed by atoms with van der Waals surface area (Å²) in [5.41, 5.74) is -3.83. The van der Waals surface area contributed by atoms with E-state index in [2.05, 4.69) is 27.4 Å². The first-order chi connectivity index (χ1) is 26.2. The molecular weight excluding hydrogens is 704 g/mol. The Morgan fingerprint density at radius 3 is 2.38 bits per heavy atom. The molecule has 11 nitrogen and oxygen atoms in total. The zero-order valence-electron chi connectivity index (χ0n) is 33.8. The van der Waals surface area contributed by atoms with Crippen LogP contribution in [-0.4, -0.2) is 131 Å². The van der Waals surface area contributed by atoms with E-state index < -0.39 is 40.2 Å². The molecule has 8 aliphatic rings. The SMILES string of the molecule is C=CC/C=C\C=C/[C@H]1O[C@H]2C[C@H]3O[C@H]4CC[C@H]5O[C@H]6C[C@@]7(C)O[C@@]8(C)[C@@H](O)C[C@H](CCCOC)O[C@@H]8C[C@@H]7O[C@@H]6C[C@@H]5O[C@]4(C)C[C@]3(C)O[C@@H]2C=C[C@]1(C)O. The Kier molecular flexibility index (Phi) is 11.2. The van der Waals surface area contributed by atoms with Gasteiger partial charge in [-0.15, -0.1) is 6.58 Å². The van der Waals surface area contributed by atoms with Crippen molar-refractivity contribution < 1.29 is 52.8 Å². The van der Waals surface area contributed by atoms with Crippen LogP contribution < -0.4 is 0 Å². The van der Waals surface area contributed by atoms with Gasteiger partial charge in [0.15, 0.2) is 0 Å². The van der Waals surface area contributed by atoms with Crippen molar-refractivity contribution in [1.29, 1.82) is 0 Å². The highest BCUT2D eigenvalue weighted by Gasteiger charge is 2.64. The number of hydrogen-bond acceptors (Lipinski definition) is 11. The maximum atomic E-state index is 11.4. The lowest BCUT2D eigenvalue weighted by Gasteiger charge is -2.61. The van der Waals surface area contributed by atoms with E-state index in [9.17, 15) is 10.2 Å². The number of aliphatic hydroxyl groups excluding tert-OH is 1. The first kappa shape index (κ1) is 40.3. The number of allylic oxidation sites excluding steroid dienone is 4. The Hall–Kier alpha value is -1.48. The highest BCUT2D eigenvalue weighted by atomic mass is 16.6. The molecule has 7 saturated heterocycles. The fraction of sp³-hybridized carbons (Fsp3) is 0.818. The van der Waals surface area contributed by atoms with Crippen LogP contribution in [0.1, 0.15) is 105 Å². The van der Waals surface area contributed by atoms with E-state index in [0.717, 1.165) is 38.5 Å². The normalized spacial score (nSPS) is 53.4. The Labute approximate surface area is 327 Å². The minimum atomic E-state index is -1.19. The molecule has 0 unspecified atom stereocenters. The summed E-state index contributed by atoms with van der Waals surface area (Å²) in [7, 11) is 1.71. The molecular formula is C44H66O11. The molecule has 0 amide bonds. The minimum absolute atomic E-state index is 0.0345. The highest BCUT2D eigenvalue weighted by Crippen LogP contribution is 2.54. The van der Waals surface area contributed by atoms with Gasteiger partial charge in [-0.3, -0.25) is 0 Å². The maximum absolute atomic E-state index is 11.4. The van der Waals surface area contributed by atoms with E-state index >= 15 is 0 Å². The predicted octanol–water partition coefficient (Wildman–Crippen LogP) is 5.59. The summed E-state index contributed by atoms with van der Waals surface area (Å²) in [6.45, 7) is 14.7. The average molecular weight is 771 g/mol. The van der Waals surface area contributed by atoms with Crippen LogP contribution in [0.25, 0.3) is 0 Å². The number of methoxy groups -OCH3 is 1. The number of rotatable bonds is 8. The van der Waals surface area contributed by atoms with Gasteiger partial charge in [-0.05, 0) is 66.7 Å². The van der Waals surface area contributed by atoms with Crippen molar-refractivity contribution in [2.45, 2.75) is 213 Å². The third-order valence-electron chi connectivity index (χ3n) is 14.3. The van der Waals surface area contributed by atoms with Crippen LogP contribution in [0.4, 0.5) is 0 Å². The van der Waals surface area contributed by atoms with Crippen molar-refractivity contribution in [3.05, 3.63) is 49.1 Å². The van der Waals surface area contributed by atoms with Crippen molar-refractivity contribution >= 4 is 0 Å². The van der Waals surface area contributed by atoms with Gasteiger partial charge < -0.3 is 52.8 Å². The van der Waals surface area contributed by atoms with Crippen molar-refractivity contribution in [2.24, 2.45) is 0 Å². The van der Waals surface area contributed by atoms with Crippen molar-refractivity contribution in [1.82, 2.24) is 0 Å². The lowest BCUT2D eigenvalue weighted by atomic mass is 9.72. The van der Waals surface area contributed by atoms with Crippen molar-refractivity contribution in [3.63, 3.8) is 0 Å². The summed E-state index contributed by atoms with van der Waals surface area (Å²) in [6.07, 6.45) is 18.4. The molecule has 18 atom stereocenters. The number of aliphatic hydroxyl groups is 2. The number of fused-ring (bicyclic) bond motifs is 7. The van der Waals surface area contributed by atoms with Gasteiger partial charge in [0, 0.05) is 52.2 Å². The van der Waals surface area contributed by atoms with Gasteiger partial charge in [0.1, 0.15) is 23.4 Å². The summed E-state index contributed by atoms with van der Waals surface area (Å²) in [5, 5.41) is 22.8. The average Bonchev–Trinajstić information content (AvgIpc) is 3.32. The summed E-state index contributed by atoms with van der Waals surface area (Å²) < 4.78 is 60.4. The van der Waals surface area contributed by atoms with E-state index in [0.29, 0.717) is 38.7 Å². The molecule has 0 aromatic heterocycles. The first-order valence-corrected chi connectivity index (χ1v) is 21.0. The van der Waals surface area contributed by atoms with Gasteiger partial charge >= 0.3 is 0 Å². The molecule has 0 spiro atoms. The third kappa shape index (κ3) is 7.63. The fourth-order valence-electron chi connectivity index (χ4n) is 11.2. The molecule has 8 rings (SSSR count). The number of hydrogen-bond donors (Lipinski definition) is 2. The van der Waals surface area contributed by atoms with E-state index in [4.69, 9.17) is 42.6 Å². The fourth-order valence-corrected chi connectivity index (χ4v) is 11.2. The predicted molar refractivity (Wildman–Crippen MR) is 205 cm³/mol. The zero-order chi connectivity index (χ0) is 38.8. The first-order valence-electron chi connectivity index (χ1n) is 21.0. The molecule has 0 radical (unpaired) electrons. The van der Waals surface area contributed by atoms with Crippen LogP contribution in [-0.2, 0) is 42.6 Å². The molecule has 8 heterocycles. The van der Waals surface area contributed by atoms with Crippen LogP contribution in [0.5, 0.6) is 0 Å². The van der Waals surface area contributed by atoms with E-state index in [1.54, 1.807) is 14.0 Å². The van der Waals surface area contributed by atoms with Gasteiger partial charge in [0.2, 0.25) is 0 Å². The van der Waals surface area contributed by atoms with E-state index in [1.165, 1.54) is 0 Å². The lowest BCUT2D eigenvalue weighted by molar-refractivity contribution is -0.369. The Morgan fingerprint density at radius 1 is 0.782 bits per heavy atom. The standard InChI is InChI=1S/C44H66O11/c1-8-9-10-11-12-15-35-40(2,46)19-18-29-31(50-35)23-37-43(5,53-29)26-42(4)36(52-37)17-16-28-32(54-42)22-30-33(49-28)25-41(3)38(51-30)24-39-44(6,55-41)34(45)21-27(48-39)14-13-20-47-7/h8,10-12,15,18-19,27-39,45-46H,1,9,13-14,16-17,20-26H2,2-7H3/b11-10-,15-12-/t27-,28+,29+,30+,31-,32-,33-,34-,35+,36-,37+,38-,39+,40-,41+,42+,43-,44-/m0/s1. The highest BCUT2D eigenvalue weighted by molar-refractivity contribution is 5.20. The molecule has 8 aliphatic heterocycles. The quantitative estimate of drug-likeness (QED) is 0.183. The molecule has 0 bridgehead atoms. The zero-order valence-corrected chi connectivity index (χ0v) is 33.8. The largest absolute Gasteiger partial charge is 0.390 e. The van der Waals surface area contributed by atoms with Gasteiger partial charge in [-0.1, -0.05) is 42.5 Å². The van der Waals surface area contributed by atoms with Gasteiger partial charge in [0.25, 0.3) is 0 Å². The van der Waals surface area contributed by atoms with E-state index in [1.807, 2.05) is 49.5 Å². The van der Waals surface area contributed by atoms with Crippen LogP contribution >= 0.6 is 0 Å². The molecule has 2 N–H and O–H groups in total. The second-order valence-corrected chi connectivity index (χ2v) is 18.8. The summed E-state index contributed by atoms with van der Waals surface area (Å²) in [5.74, 6) is 0. The second kappa shape index (κ2) is 15.3. The Balaban J connectivity index is 0.942. The second-order valence-electron chi connectivity index (χ2n) is 18.8. The molecule has 0 aliphatic carbocycles. The molecule has 7 fully saturated rings. The lowest BCUT2D eigenvalue weighted by Crippen LogP contribution is -2.72. The molecule has 55 heavy (non-hydrogen) atoms. The van der Waals surface area contributed by atoms with Crippen molar-refractivity contribution in [3.8, 4) is 0 Å². The topological polar surface area (TPSA) is 124 Å². The smallest absolute Gasteiger partial charge is 0.118 e. The Morgan fingerprint density at radius 2 is 1.58 bits per heavy atom. The van der Waals surface area contributed by atoms with Crippen LogP contribution in [0.15, 0.2) is 49.1 Å². The monoisotopic (exact) mass is 770 g/mol. The van der Waals surface area contributed by atoms with Crippen LogP contribution in [0, 0.1) is 0 Å². The number of ether oxygens (including phenoxy) is 9. The van der Waals surface area contributed by atoms with Crippen molar-refractivity contribution in [2.75, 3.05) is 13.7 Å². The molecule has 11 heteroatoms. The summed E-state index contributed by atoms with van der Waals surface area (Å²) in [6, 6.07) is 0. The third-order valence-corrected chi connectivity index (χ3v) is 14.3. The summed E-state index contributed by atoms with van der Waals surface area (Å²) in [4.78, 5) is 0. The van der Waals surface area contributed by atoms with Crippen LogP contribution in [0.3, 0.4) is 0 Å². The van der Waals surface area contributed by atoms with Gasteiger partial charge in [-0.25, -0.2) is 0 Å². The summed E-state index contributed by atoms with van der Waals surface area (Å²) >= 11 is 0. The maximum Gasteiger partial charge on any atom is 0.118 e. The molecule has 0 aromatic rings. The Bertz CT molecular complexity index is 1480. The molecule has 0 aromatic carbocycles. The van der Waals surface area contributed by atoms with Gasteiger partial charge in [0.05, 0.1) is 83.9 Å². The minimum Gasteiger partial charge on any atom is -0.390 e. The molecule has 0 saturated carbocycles. The molecule has 308 valence electrons. The van der Waals surface area contributed by atoms with Gasteiger partial charge in [-0.2, -0.15) is 0 Å². The van der Waals surface area contributed by atoms with Crippen LogP contribution in [0.2, 0.25) is 0 Å².